The first kappa shape index (κ1) is 40.2. The lowest BCUT2D eigenvalue weighted by Crippen LogP contribution is -2.43. The Morgan fingerprint density at radius 3 is 2.00 bits per heavy atom. The van der Waals surface area contributed by atoms with Crippen molar-refractivity contribution in [3.63, 3.8) is 0 Å². The first-order valence-corrected chi connectivity index (χ1v) is 23.8. The third kappa shape index (κ3) is 9.03. The van der Waals surface area contributed by atoms with E-state index in [2.05, 4.69) is 198 Å². The maximum Gasteiger partial charge on any atom is 0.0517 e. The van der Waals surface area contributed by atoms with Gasteiger partial charge >= 0.3 is 0 Å². The van der Waals surface area contributed by atoms with E-state index in [0.717, 1.165) is 51.4 Å². The highest BCUT2D eigenvalue weighted by molar-refractivity contribution is 5.72. The molecule has 3 aromatic rings. The standard InChI is InChI=1S/C60H62N2/c1-5-13-45(14-6-1)49-21-33-55(34-22-49)61(56-35-23-50(24-36-56)46-15-7-2-8-16-46)59-41-29-53(30-42-59)54-31-43-60(44-32-54)62(57-37-25-51(26-38-57)47-17-9-3-10-18-47)58-39-27-52(28-40-58)48-19-11-4-12-20-48/h1-3,5-7,9-10,13-15,17,19,21,23-29,31,33-37,39-41,43,47,49,54,57,60H,4,8,11-12,16,18,20,22,30,32,38,42,44H2. The molecule has 0 fully saturated rings. The van der Waals surface area contributed by atoms with Gasteiger partial charge in [-0.1, -0.05) is 157 Å². The number of nitrogens with zero attached hydrogens (tertiary/aromatic N) is 2. The van der Waals surface area contributed by atoms with Crippen molar-refractivity contribution in [3.8, 4) is 0 Å². The van der Waals surface area contributed by atoms with Gasteiger partial charge in [0.15, 0.2) is 0 Å². The van der Waals surface area contributed by atoms with Crippen molar-refractivity contribution in [3.05, 3.63) is 227 Å². The Morgan fingerprint density at radius 1 is 0.484 bits per heavy atom. The molecule has 0 heterocycles. The third-order valence-electron chi connectivity index (χ3n) is 14.4. The quantitative estimate of drug-likeness (QED) is 0.178. The van der Waals surface area contributed by atoms with Crippen LogP contribution < -0.4 is 9.80 Å². The molecule has 0 bridgehead atoms. The van der Waals surface area contributed by atoms with Crippen LogP contribution in [0.3, 0.4) is 0 Å². The summed E-state index contributed by atoms with van der Waals surface area (Å²) in [6.45, 7) is 0. The van der Waals surface area contributed by atoms with Crippen molar-refractivity contribution in [2.75, 3.05) is 9.80 Å². The van der Waals surface area contributed by atoms with Crippen molar-refractivity contribution >= 4 is 22.5 Å². The molecule has 2 heteroatoms. The monoisotopic (exact) mass is 810 g/mol. The minimum atomic E-state index is 0.342. The van der Waals surface area contributed by atoms with Crippen molar-refractivity contribution in [1.29, 1.82) is 0 Å². The highest BCUT2D eigenvalue weighted by atomic mass is 15.2. The summed E-state index contributed by atoms with van der Waals surface area (Å²) >= 11 is 0. The van der Waals surface area contributed by atoms with Gasteiger partial charge in [-0.05, 0) is 159 Å². The molecule has 312 valence electrons. The Balaban J connectivity index is 0.886. The van der Waals surface area contributed by atoms with E-state index in [9.17, 15) is 0 Å². The molecule has 0 saturated carbocycles. The molecule has 5 atom stereocenters. The van der Waals surface area contributed by atoms with E-state index in [1.165, 1.54) is 88.3 Å². The minimum absolute atomic E-state index is 0.342. The molecule has 62 heavy (non-hydrogen) atoms. The molecule has 0 N–H and O–H groups in total. The van der Waals surface area contributed by atoms with Crippen LogP contribution in [0.5, 0.6) is 0 Å². The SMILES string of the molecule is C1=CCCC(c2ccc(N(C3=CCC(c4ccccc4)C=C3)C3=CC=C(C4C=CC(N(c5ccc(C6=CCCCC6)cc5)C5C=CC(C6C=CC=CC6)=CC5)CC4)CC3)cc2)=C1. The van der Waals surface area contributed by atoms with Crippen LogP contribution in [0.2, 0.25) is 0 Å². The van der Waals surface area contributed by atoms with Crippen LogP contribution >= 0.6 is 0 Å². The second-order valence-corrected chi connectivity index (χ2v) is 18.3. The lowest BCUT2D eigenvalue weighted by Gasteiger charge is -2.41. The van der Waals surface area contributed by atoms with Gasteiger partial charge in [-0.2, -0.15) is 0 Å². The molecule has 0 saturated heterocycles. The molecule has 0 spiro atoms. The van der Waals surface area contributed by atoms with Crippen LogP contribution in [0.15, 0.2) is 211 Å². The van der Waals surface area contributed by atoms with Crippen molar-refractivity contribution < 1.29 is 0 Å². The number of hydrogen-bond acceptors (Lipinski definition) is 2. The molecule has 7 aliphatic rings. The van der Waals surface area contributed by atoms with E-state index < -0.39 is 0 Å². The topological polar surface area (TPSA) is 6.48 Å². The third-order valence-corrected chi connectivity index (χ3v) is 14.4. The van der Waals surface area contributed by atoms with Gasteiger partial charge in [0, 0.05) is 40.6 Å². The lowest BCUT2D eigenvalue weighted by molar-refractivity contribution is 0.497. The van der Waals surface area contributed by atoms with Crippen LogP contribution in [0.25, 0.3) is 11.1 Å². The summed E-state index contributed by atoms with van der Waals surface area (Å²) in [4.78, 5) is 5.27. The number of anilines is 2. The Labute approximate surface area is 371 Å². The average Bonchev–Trinajstić information content (AvgIpc) is 3.36. The number of allylic oxidation sites excluding steroid dienone is 20. The van der Waals surface area contributed by atoms with Gasteiger partial charge in [0.25, 0.3) is 0 Å². The zero-order chi connectivity index (χ0) is 41.5. The molecular formula is C60H62N2. The summed E-state index contributed by atoms with van der Waals surface area (Å²) in [7, 11) is 0. The fourth-order valence-electron chi connectivity index (χ4n) is 10.9. The molecule has 0 amide bonds. The highest BCUT2D eigenvalue weighted by Gasteiger charge is 2.30. The molecule has 5 unspecified atom stereocenters. The largest absolute Gasteiger partial charge is 0.358 e. The number of hydrogen-bond donors (Lipinski definition) is 0. The smallest absolute Gasteiger partial charge is 0.0517 e. The summed E-state index contributed by atoms with van der Waals surface area (Å²) in [5.74, 6) is 1.40. The summed E-state index contributed by atoms with van der Waals surface area (Å²) in [6, 6.07) is 30.6. The molecular weight excluding hydrogens is 749 g/mol. The first-order chi connectivity index (χ1) is 30.7. The molecule has 10 rings (SSSR count). The Kier molecular flexibility index (Phi) is 12.4. The van der Waals surface area contributed by atoms with E-state index in [1.807, 2.05) is 0 Å². The van der Waals surface area contributed by atoms with Gasteiger partial charge in [0.05, 0.1) is 6.04 Å². The highest BCUT2D eigenvalue weighted by Crippen LogP contribution is 2.40. The average molecular weight is 811 g/mol. The second kappa shape index (κ2) is 19.0. The van der Waals surface area contributed by atoms with Crippen molar-refractivity contribution in [2.24, 2.45) is 11.8 Å². The fraction of sp³-hybridized carbons (Fsp3) is 0.300. The predicted molar refractivity (Wildman–Crippen MR) is 265 cm³/mol. The second-order valence-electron chi connectivity index (χ2n) is 18.3. The van der Waals surface area contributed by atoms with Crippen molar-refractivity contribution in [1.82, 2.24) is 0 Å². The molecule has 0 aliphatic heterocycles. The number of rotatable bonds is 11. The van der Waals surface area contributed by atoms with E-state index in [4.69, 9.17) is 0 Å². The zero-order valence-electron chi connectivity index (χ0n) is 36.4. The maximum absolute atomic E-state index is 2.73. The van der Waals surface area contributed by atoms with E-state index in [0.29, 0.717) is 29.8 Å². The summed E-state index contributed by atoms with van der Waals surface area (Å²) in [5.41, 5.74) is 15.4. The van der Waals surface area contributed by atoms with Gasteiger partial charge in [-0.3, -0.25) is 0 Å². The summed E-state index contributed by atoms with van der Waals surface area (Å²) in [6.07, 6.45) is 57.9. The normalized spacial score (nSPS) is 25.6. The van der Waals surface area contributed by atoms with Gasteiger partial charge in [-0.25, -0.2) is 0 Å². The van der Waals surface area contributed by atoms with Crippen LogP contribution in [0.1, 0.15) is 106 Å². The van der Waals surface area contributed by atoms with Crippen LogP contribution in [0, 0.1) is 11.8 Å². The van der Waals surface area contributed by atoms with E-state index >= 15 is 0 Å². The molecule has 0 radical (unpaired) electrons. The molecule has 7 aliphatic carbocycles. The molecule has 3 aromatic carbocycles. The maximum atomic E-state index is 2.73. The van der Waals surface area contributed by atoms with E-state index in [1.54, 1.807) is 5.57 Å². The van der Waals surface area contributed by atoms with Crippen LogP contribution in [-0.2, 0) is 0 Å². The molecule has 0 aromatic heterocycles. The minimum Gasteiger partial charge on any atom is -0.358 e. The van der Waals surface area contributed by atoms with E-state index in [-0.39, 0.29) is 0 Å². The van der Waals surface area contributed by atoms with Crippen LogP contribution in [0.4, 0.5) is 11.4 Å². The Morgan fingerprint density at radius 2 is 1.34 bits per heavy atom. The van der Waals surface area contributed by atoms with Crippen LogP contribution in [-0.4, -0.2) is 12.1 Å². The Bertz CT molecular complexity index is 2450. The molecule has 2 nitrogen and oxygen atoms in total. The van der Waals surface area contributed by atoms with Crippen molar-refractivity contribution in [2.45, 2.75) is 101 Å². The zero-order valence-corrected chi connectivity index (χ0v) is 36.4. The Hall–Kier alpha value is -5.86. The number of benzene rings is 3. The predicted octanol–water partition coefficient (Wildman–Crippen LogP) is 15.6. The lowest BCUT2D eigenvalue weighted by atomic mass is 9.81. The van der Waals surface area contributed by atoms with Gasteiger partial charge in [0.1, 0.15) is 0 Å². The fourth-order valence-corrected chi connectivity index (χ4v) is 10.9. The first-order valence-electron chi connectivity index (χ1n) is 23.8. The van der Waals surface area contributed by atoms with Gasteiger partial charge in [-0.15, -0.1) is 0 Å². The summed E-state index contributed by atoms with van der Waals surface area (Å²) < 4.78 is 0. The summed E-state index contributed by atoms with van der Waals surface area (Å²) in [5, 5.41) is 0. The van der Waals surface area contributed by atoms with Gasteiger partial charge < -0.3 is 9.80 Å². The van der Waals surface area contributed by atoms with Gasteiger partial charge in [0.2, 0.25) is 0 Å².